The number of ether oxygens (including phenoxy) is 2. The molecule has 6 heteroatoms. The zero-order chi connectivity index (χ0) is 12.8. The Bertz CT molecular complexity index is 473. The summed E-state index contributed by atoms with van der Waals surface area (Å²) < 4.78 is 14.3. The van der Waals surface area contributed by atoms with Crippen molar-refractivity contribution in [2.24, 2.45) is 0 Å². The normalized spacial score (nSPS) is 9.76. The van der Waals surface area contributed by atoms with Crippen molar-refractivity contribution in [2.75, 3.05) is 6.61 Å². The zero-order valence-corrected chi connectivity index (χ0v) is 9.52. The van der Waals surface area contributed by atoms with Crippen LogP contribution in [0.15, 0.2) is 21.5 Å². The SMILES string of the molecule is CCOC(=O)c1occc(=O)c1OC(=O)CC. The molecule has 0 radical (unpaired) electrons. The lowest BCUT2D eigenvalue weighted by atomic mass is 10.3. The van der Waals surface area contributed by atoms with Crippen molar-refractivity contribution < 1.29 is 23.5 Å². The van der Waals surface area contributed by atoms with Crippen molar-refractivity contribution in [1.29, 1.82) is 0 Å². The summed E-state index contributed by atoms with van der Waals surface area (Å²) in [5.74, 6) is -2.31. The van der Waals surface area contributed by atoms with Gasteiger partial charge in [0, 0.05) is 12.5 Å². The zero-order valence-electron chi connectivity index (χ0n) is 9.52. The number of hydrogen-bond acceptors (Lipinski definition) is 6. The minimum absolute atomic E-state index is 0.0800. The fourth-order valence-electron chi connectivity index (χ4n) is 1.03. The van der Waals surface area contributed by atoms with E-state index in [2.05, 4.69) is 4.74 Å². The largest absolute Gasteiger partial charge is 0.460 e. The second kappa shape index (κ2) is 5.83. The average Bonchev–Trinajstić information content (AvgIpc) is 2.31. The van der Waals surface area contributed by atoms with Crippen LogP contribution in [0.3, 0.4) is 0 Å². The van der Waals surface area contributed by atoms with Gasteiger partial charge in [0.2, 0.25) is 11.2 Å². The number of hydrogen-bond donors (Lipinski definition) is 0. The van der Waals surface area contributed by atoms with Gasteiger partial charge in [-0.1, -0.05) is 6.92 Å². The fourth-order valence-corrected chi connectivity index (χ4v) is 1.03. The van der Waals surface area contributed by atoms with E-state index in [9.17, 15) is 14.4 Å². The van der Waals surface area contributed by atoms with Crippen molar-refractivity contribution >= 4 is 11.9 Å². The fraction of sp³-hybridized carbons (Fsp3) is 0.364. The number of carbonyl (C=O) groups excluding carboxylic acids is 2. The molecule has 0 bridgehead atoms. The molecule has 0 saturated carbocycles. The minimum atomic E-state index is -0.843. The maximum Gasteiger partial charge on any atom is 0.378 e. The molecule has 17 heavy (non-hydrogen) atoms. The van der Waals surface area contributed by atoms with E-state index in [4.69, 9.17) is 9.15 Å². The second-order valence-electron chi connectivity index (χ2n) is 2.99. The molecule has 0 amide bonds. The van der Waals surface area contributed by atoms with Crippen molar-refractivity contribution in [3.8, 4) is 5.75 Å². The predicted octanol–water partition coefficient (Wildman–Crippen LogP) is 1.13. The summed E-state index contributed by atoms with van der Waals surface area (Å²) in [6.07, 6.45) is 1.12. The Morgan fingerprint density at radius 3 is 2.65 bits per heavy atom. The van der Waals surface area contributed by atoms with Crippen LogP contribution in [0.5, 0.6) is 5.75 Å². The summed E-state index contributed by atoms with van der Waals surface area (Å²) in [4.78, 5) is 34.0. The third kappa shape index (κ3) is 3.17. The van der Waals surface area contributed by atoms with Crippen LogP contribution < -0.4 is 10.2 Å². The molecular formula is C11H12O6. The highest BCUT2D eigenvalue weighted by atomic mass is 16.6. The van der Waals surface area contributed by atoms with Crippen molar-refractivity contribution in [2.45, 2.75) is 20.3 Å². The van der Waals surface area contributed by atoms with Gasteiger partial charge >= 0.3 is 11.9 Å². The molecule has 1 aromatic rings. The molecule has 0 aliphatic heterocycles. The van der Waals surface area contributed by atoms with Crippen LogP contribution in [-0.4, -0.2) is 18.5 Å². The van der Waals surface area contributed by atoms with Gasteiger partial charge < -0.3 is 13.9 Å². The van der Waals surface area contributed by atoms with E-state index >= 15 is 0 Å². The molecule has 92 valence electrons. The average molecular weight is 240 g/mol. The molecule has 0 atom stereocenters. The molecule has 0 aromatic carbocycles. The first-order valence-electron chi connectivity index (χ1n) is 5.09. The smallest absolute Gasteiger partial charge is 0.378 e. The highest BCUT2D eigenvalue weighted by Crippen LogP contribution is 2.14. The second-order valence-corrected chi connectivity index (χ2v) is 2.99. The third-order valence-electron chi connectivity index (χ3n) is 1.80. The Kier molecular flexibility index (Phi) is 4.45. The van der Waals surface area contributed by atoms with E-state index in [1.54, 1.807) is 13.8 Å². The molecule has 6 nitrogen and oxygen atoms in total. The first kappa shape index (κ1) is 13.0. The van der Waals surface area contributed by atoms with Crippen LogP contribution in [0.2, 0.25) is 0 Å². The van der Waals surface area contributed by atoms with Gasteiger partial charge in [-0.2, -0.15) is 0 Å². The van der Waals surface area contributed by atoms with E-state index < -0.39 is 28.9 Å². The van der Waals surface area contributed by atoms with E-state index in [1.165, 1.54) is 0 Å². The van der Waals surface area contributed by atoms with Gasteiger partial charge in [-0.3, -0.25) is 9.59 Å². The molecule has 0 saturated heterocycles. The summed E-state index contributed by atoms with van der Waals surface area (Å²) in [6.45, 7) is 3.30. The van der Waals surface area contributed by atoms with Gasteiger partial charge in [0.1, 0.15) is 0 Å². The molecular weight excluding hydrogens is 228 g/mol. The van der Waals surface area contributed by atoms with Crippen LogP contribution in [0.1, 0.15) is 30.8 Å². The number of esters is 2. The minimum Gasteiger partial charge on any atom is -0.460 e. The standard InChI is InChI=1S/C11H12O6/c1-3-8(13)17-9-7(12)5-6-16-10(9)11(14)15-4-2/h5-6H,3-4H2,1-2H3. The van der Waals surface area contributed by atoms with E-state index in [0.717, 1.165) is 12.3 Å². The summed E-state index contributed by atoms with van der Waals surface area (Å²) in [6, 6.07) is 1.06. The van der Waals surface area contributed by atoms with Crippen molar-refractivity contribution in [1.82, 2.24) is 0 Å². The Balaban J connectivity index is 3.12. The molecule has 1 heterocycles. The summed E-state index contributed by atoms with van der Waals surface area (Å²) >= 11 is 0. The predicted molar refractivity (Wildman–Crippen MR) is 56.9 cm³/mol. The summed E-state index contributed by atoms with van der Waals surface area (Å²) in [7, 11) is 0. The Morgan fingerprint density at radius 2 is 2.06 bits per heavy atom. The maximum atomic E-state index is 11.5. The highest BCUT2D eigenvalue weighted by Gasteiger charge is 2.21. The number of carbonyl (C=O) groups is 2. The Morgan fingerprint density at radius 1 is 1.35 bits per heavy atom. The van der Waals surface area contributed by atoms with Crippen molar-refractivity contribution in [3.63, 3.8) is 0 Å². The first-order chi connectivity index (χ1) is 8.10. The van der Waals surface area contributed by atoms with Crippen LogP contribution in [0.25, 0.3) is 0 Å². The summed E-state index contributed by atoms with van der Waals surface area (Å²) in [5.41, 5.74) is -0.610. The molecule has 0 N–H and O–H groups in total. The molecule has 0 aliphatic carbocycles. The molecule has 0 unspecified atom stereocenters. The van der Waals surface area contributed by atoms with Crippen LogP contribution >= 0.6 is 0 Å². The molecule has 1 rings (SSSR count). The Hall–Kier alpha value is -2.11. The monoisotopic (exact) mass is 240 g/mol. The first-order valence-corrected chi connectivity index (χ1v) is 5.09. The van der Waals surface area contributed by atoms with Gasteiger partial charge in [0.25, 0.3) is 5.76 Å². The Labute approximate surface area is 97.1 Å². The van der Waals surface area contributed by atoms with E-state index in [-0.39, 0.29) is 13.0 Å². The van der Waals surface area contributed by atoms with Crippen LogP contribution in [-0.2, 0) is 9.53 Å². The quantitative estimate of drug-likeness (QED) is 0.733. The molecule has 0 fully saturated rings. The van der Waals surface area contributed by atoms with Gasteiger partial charge in [-0.15, -0.1) is 0 Å². The van der Waals surface area contributed by atoms with E-state index in [0.29, 0.717) is 0 Å². The molecule has 0 aliphatic rings. The number of rotatable bonds is 4. The van der Waals surface area contributed by atoms with Crippen LogP contribution in [0.4, 0.5) is 0 Å². The van der Waals surface area contributed by atoms with Gasteiger partial charge in [0.15, 0.2) is 0 Å². The van der Waals surface area contributed by atoms with Crippen molar-refractivity contribution in [3.05, 3.63) is 28.3 Å². The topological polar surface area (TPSA) is 82.8 Å². The molecule has 1 aromatic heterocycles. The lowest BCUT2D eigenvalue weighted by Crippen LogP contribution is -2.18. The lowest BCUT2D eigenvalue weighted by Gasteiger charge is -2.06. The third-order valence-corrected chi connectivity index (χ3v) is 1.80. The van der Waals surface area contributed by atoms with Gasteiger partial charge in [-0.05, 0) is 6.92 Å². The molecule has 0 spiro atoms. The summed E-state index contributed by atoms with van der Waals surface area (Å²) in [5, 5.41) is 0. The maximum absolute atomic E-state index is 11.5. The lowest BCUT2D eigenvalue weighted by molar-refractivity contribution is -0.134. The van der Waals surface area contributed by atoms with Crippen LogP contribution in [0, 0.1) is 0 Å². The van der Waals surface area contributed by atoms with E-state index in [1.807, 2.05) is 0 Å². The highest BCUT2D eigenvalue weighted by molar-refractivity contribution is 5.90. The van der Waals surface area contributed by atoms with Gasteiger partial charge in [-0.25, -0.2) is 4.79 Å². The van der Waals surface area contributed by atoms with Gasteiger partial charge in [0.05, 0.1) is 12.9 Å².